The van der Waals surface area contributed by atoms with Crippen molar-refractivity contribution >= 4 is 0 Å². The third kappa shape index (κ3) is 4.91. The Morgan fingerprint density at radius 3 is 2.26 bits per heavy atom. The summed E-state index contributed by atoms with van der Waals surface area (Å²) in [4.78, 5) is 0. The molecule has 1 unspecified atom stereocenters. The number of aromatic nitrogens is 2. The minimum Gasteiger partial charge on any atom is -0.417 e. The number of hydrogen-bond acceptors (Lipinski definition) is 8. The fraction of sp³-hybridized carbons (Fsp3) is 0.609. The molecular formula is C23H29F3N2O7. The molecule has 2 aliphatic rings. The average molecular weight is 502 g/mol. The molecule has 4 rings (SSSR count). The molecule has 1 aromatic heterocycles. The molecule has 1 saturated carbocycles. The number of hydrogen-bond donors (Lipinski definition) is 5. The van der Waals surface area contributed by atoms with Gasteiger partial charge in [0.05, 0.1) is 18.2 Å². The molecule has 2 fully saturated rings. The van der Waals surface area contributed by atoms with Crippen LogP contribution in [0.5, 0.6) is 5.88 Å². The van der Waals surface area contributed by atoms with Gasteiger partial charge in [0.2, 0.25) is 5.88 Å². The van der Waals surface area contributed by atoms with E-state index in [1.165, 1.54) is 0 Å². The Morgan fingerprint density at radius 2 is 1.74 bits per heavy atom. The monoisotopic (exact) mass is 502 g/mol. The molecule has 0 amide bonds. The Bertz CT molecular complexity index is 1020. The summed E-state index contributed by atoms with van der Waals surface area (Å²) in [6.07, 6.45) is -10.2. The molecule has 5 atom stereocenters. The van der Waals surface area contributed by atoms with Gasteiger partial charge in [-0.05, 0) is 36.8 Å². The molecule has 0 radical (unpaired) electrons. The zero-order valence-corrected chi connectivity index (χ0v) is 19.0. The van der Waals surface area contributed by atoms with Gasteiger partial charge in [-0.25, -0.2) is 0 Å². The van der Waals surface area contributed by atoms with Gasteiger partial charge in [-0.2, -0.15) is 13.2 Å². The fourth-order valence-electron chi connectivity index (χ4n) is 4.33. The van der Waals surface area contributed by atoms with Crippen LogP contribution in [0.15, 0.2) is 24.3 Å². The first-order valence-electron chi connectivity index (χ1n) is 11.5. The summed E-state index contributed by atoms with van der Waals surface area (Å²) >= 11 is 0. The first-order chi connectivity index (χ1) is 16.5. The van der Waals surface area contributed by atoms with Gasteiger partial charge in [-0.1, -0.05) is 31.2 Å². The third-order valence-electron chi connectivity index (χ3n) is 6.64. The normalized spacial score (nSPS) is 29.7. The van der Waals surface area contributed by atoms with Crippen LogP contribution in [0.2, 0.25) is 0 Å². The summed E-state index contributed by atoms with van der Waals surface area (Å²) < 4.78 is 54.1. The average Bonchev–Trinajstić information content (AvgIpc) is 3.11. The van der Waals surface area contributed by atoms with Crippen LogP contribution in [0, 0.1) is 0 Å². The Hall–Kier alpha value is -2.22. The van der Waals surface area contributed by atoms with E-state index in [0.29, 0.717) is 18.4 Å². The molecule has 1 aliphatic carbocycles. The van der Waals surface area contributed by atoms with Crippen molar-refractivity contribution in [1.29, 1.82) is 0 Å². The van der Waals surface area contributed by atoms with Crippen LogP contribution in [0.25, 0.3) is 0 Å². The number of alkyl halides is 3. The second-order valence-electron chi connectivity index (χ2n) is 9.00. The van der Waals surface area contributed by atoms with Crippen LogP contribution in [0.3, 0.4) is 0 Å². The molecule has 0 bridgehead atoms. The lowest BCUT2D eigenvalue weighted by Crippen LogP contribution is -2.67. The zero-order chi connectivity index (χ0) is 25.5. The topological polar surface area (TPSA) is 137 Å². The maximum atomic E-state index is 14.3. The van der Waals surface area contributed by atoms with E-state index in [1.807, 2.05) is 6.92 Å². The third-order valence-corrected chi connectivity index (χ3v) is 6.64. The van der Waals surface area contributed by atoms with Crippen molar-refractivity contribution in [2.45, 2.75) is 81.6 Å². The number of aliphatic hydroxyl groups is 5. The van der Waals surface area contributed by atoms with Gasteiger partial charge >= 0.3 is 12.1 Å². The highest BCUT2D eigenvalue weighted by Crippen LogP contribution is 2.44. The predicted molar refractivity (Wildman–Crippen MR) is 114 cm³/mol. The Morgan fingerprint density at radius 1 is 1.11 bits per heavy atom. The highest BCUT2D eigenvalue weighted by atomic mass is 19.4. The van der Waals surface area contributed by atoms with Crippen molar-refractivity contribution in [3.05, 3.63) is 46.6 Å². The number of aliphatic hydroxyl groups excluding tert-OH is 4. The van der Waals surface area contributed by atoms with Gasteiger partial charge in [0.25, 0.3) is 0 Å². The summed E-state index contributed by atoms with van der Waals surface area (Å²) in [6, 6.07) is 6.45. The van der Waals surface area contributed by atoms with Gasteiger partial charge in [-0.15, -0.1) is 5.10 Å². The maximum absolute atomic E-state index is 14.3. The summed E-state index contributed by atoms with van der Waals surface area (Å²) in [6.45, 7) is 1.09. The quantitative estimate of drug-likeness (QED) is 0.357. The van der Waals surface area contributed by atoms with E-state index in [2.05, 4.69) is 5.10 Å². The number of aryl methyl sites for hydroxylation is 1. The lowest BCUT2D eigenvalue weighted by molar-refractivity contribution is -0.423. The SMILES string of the molecule is CCc1ccc(Cc2c(OC3(O)O[C@H](CO)[C@@H](O)[C@@H](O)[C@H]3O)nn(C3CCC3)c2C(F)(F)F)cc1. The summed E-state index contributed by atoms with van der Waals surface area (Å²) in [5, 5.41) is 54.6. The summed E-state index contributed by atoms with van der Waals surface area (Å²) in [7, 11) is 0. The van der Waals surface area contributed by atoms with Gasteiger partial charge in [0.15, 0.2) is 6.10 Å². The van der Waals surface area contributed by atoms with Crippen molar-refractivity contribution in [1.82, 2.24) is 9.78 Å². The van der Waals surface area contributed by atoms with Crippen molar-refractivity contribution in [2.24, 2.45) is 0 Å². The van der Waals surface area contributed by atoms with Gasteiger partial charge in [0, 0.05) is 6.42 Å². The number of benzene rings is 1. The van der Waals surface area contributed by atoms with E-state index in [1.54, 1.807) is 24.3 Å². The maximum Gasteiger partial charge on any atom is 0.433 e. The summed E-state index contributed by atoms with van der Waals surface area (Å²) in [5.74, 6) is -3.71. The molecule has 2 heterocycles. The number of halogens is 3. The predicted octanol–water partition coefficient (Wildman–Crippen LogP) is 1.28. The molecule has 1 aromatic carbocycles. The van der Waals surface area contributed by atoms with Crippen LogP contribution in [-0.2, 0) is 23.8 Å². The largest absolute Gasteiger partial charge is 0.433 e. The fourth-order valence-corrected chi connectivity index (χ4v) is 4.33. The van der Waals surface area contributed by atoms with Crippen LogP contribution in [0.4, 0.5) is 13.2 Å². The number of ether oxygens (including phenoxy) is 2. The molecule has 1 aliphatic heterocycles. The van der Waals surface area contributed by atoms with E-state index in [9.17, 15) is 38.7 Å². The molecule has 1 saturated heterocycles. The minimum atomic E-state index is -4.80. The number of rotatable bonds is 7. The van der Waals surface area contributed by atoms with E-state index >= 15 is 0 Å². The van der Waals surface area contributed by atoms with Gasteiger partial charge in [0.1, 0.15) is 24.0 Å². The molecular weight excluding hydrogens is 473 g/mol. The van der Waals surface area contributed by atoms with Crippen LogP contribution in [-0.4, -0.2) is 72.3 Å². The van der Waals surface area contributed by atoms with E-state index < -0.39 is 60.8 Å². The minimum absolute atomic E-state index is 0.248. The van der Waals surface area contributed by atoms with Crippen molar-refractivity contribution in [3.63, 3.8) is 0 Å². The first-order valence-corrected chi connectivity index (χ1v) is 11.5. The molecule has 12 heteroatoms. The number of nitrogens with zero attached hydrogens (tertiary/aromatic N) is 2. The first kappa shape index (κ1) is 25.9. The van der Waals surface area contributed by atoms with Gasteiger partial charge in [-0.3, -0.25) is 4.68 Å². The Labute approximate surface area is 199 Å². The molecule has 194 valence electrons. The van der Waals surface area contributed by atoms with Gasteiger partial charge < -0.3 is 35.0 Å². The molecule has 0 spiro atoms. The standard InChI is InChI=1S/C23H29F3N2O7/c1-2-12-6-8-13(9-7-12)10-15-19(22(24,25)26)28(14-4-3-5-14)27-21(15)35-23(33)20(32)18(31)17(30)16(11-29)34-23/h6-9,14,16-18,20,29-33H,2-5,10-11H2,1H3/t16-,17-,18-,20-,23?/m1/s1. The van der Waals surface area contributed by atoms with E-state index in [0.717, 1.165) is 23.1 Å². The highest BCUT2D eigenvalue weighted by molar-refractivity contribution is 5.39. The Balaban J connectivity index is 1.78. The zero-order valence-electron chi connectivity index (χ0n) is 19.0. The van der Waals surface area contributed by atoms with Crippen molar-refractivity contribution < 1.29 is 48.2 Å². The lowest BCUT2D eigenvalue weighted by Gasteiger charge is -2.43. The smallest absolute Gasteiger partial charge is 0.417 e. The highest BCUT2D eigenvalue weighted by Gasteiger charge is 2.56. The molecule has 9 nitrogen and oxygen atoms in total. The van der Waals surface area contributed by atoms with Crippen LogP contribution >= 0.6 is 0 Å². The second kappa shape index (κ2) is 9.68. The molecule has 5 N–H and O–H groups in total. The van der Waals surface area contributed by atoms with E-state index in [-0.39, 0.29) is 12.0 Å². The second-order valence-corrected chi connectivity index (χ2v) is 9.00. The van der Waals surface area contributed by atoms with Crippen LogP contribution in [0.1, 0.15) is 54.6 Å². The summed E-state index contributed by atoms with van der Waals surface area (Å²) in [5.41, 5.74) is 0.123. The lowest BCUT2D eigenvalue weighted by atomic mass is 9.93. The Kier molecular flexibility index (Phi) is 7.15. The van der Waals surface area contributed by atoms with Crippen molar-refractivity contribution in [3.8, 4) is 5.88 Å². The van der Waals surface area contributed by atoms with Crippen molar-refractivity contribution in [2.75, 3.05) is 6.61 Å². The molecule has 2 aromatic rings. The van der Waals surface area contributed by atoms with Crippen LogP contribution < -0.4 is 4.74 Å². The molecule has 35 heavy (non-hydrogen) atoms. The van der Waals surface area contributed by atoms with E-state index in [4.69, 9.17) is 9.47 Å².